The van der Waals surface area contributed by atoms with E-state index in [9.17, 15) is 0 Å². The van der Waals surface area contributed by atoms with Gasteiger partial charge in [-0.2, -0.15) is 0 Å². The van der Waals surface area contributed by atoms with Crippen molar-refractivity contribution in [3.8, 4) is 0 Å². The lowest BCUT2D eigenvalue weighted by Crippen LogP contribution is -2.66. The van der Waals surface area contributed by atoms with Gasteiger partial charge in [-0.25, -0.2) is 0 Å². The molecule has 114 valence electrons. The lowest BCUT2D eigenvalue weighted by molar-refractivity contribution is -0.0855. The van der Waals surface area contributed by atoms with Crippen LogP contribution in [0, 0.1) is 11.8 Å². The predicted molar refractivity (Wildman–Crippen MR) is 85.9 cm³/mol. The van der Waals surface area contributed by atoms with Gasteiger partial charge in [0.05, 0.1) is 0 Å². The standard InChI is InChI=1S/C18H27N3/c19-17-7-4-8-21(13-17)18-15-9-16(18)12-20(11-15)10-14-5-2-1-3-6-14/h1-3,5-6,15-18H,4,7-13,19H2. The molecular weight excluding hydrogens is 258 g/mol. The minimum Gasteiger partial charge on any atom is -0.327 e. The molecule has 3 nitrogen and oxygen atoms in total. The third-order valence-electron chi connectivity index (χ3n) is 5.72. The number of fused-ring (bicyclic) bond motifs is 2. The molecule has 3 heterocycles. The Balaban J connectivity index is 1.35. The third-order valence-corrected chi connectivity index (χ3v) is 5.72. The highest BCUT2D eigenvalue weighted by molar-refractivity contribution is 5.15. The van der Waals surface area contributed by atoms with Crippen LogP contribution in [0.3, 0.4) is 0 Å². The van der Waals surface area contributed by atoms with Gasteiger partial charge < -0.3 is 5.73 Å². The van der Waals surface area contributed by atoms with Crippen molar-refractivity contribution in [2.24, 2.45) is 17.6 Å². The van der Waals surface area contributed by atoms with Crippen LogP contribution in [0.5, 0.6) is 0 Å². The van der Waals surface area contributed by atoms with E-state index in [-0.39, 0.29) is 0 Å². The molecule has 0 amide bonds. The zero-order valence-corrected chi connectivity index (χ0v) is 12.8. The van der Waals surface area contributed by atoms with Crippen LogP contribution in [0.25, 0.3) is 0 Å². The fourth-order valence-corrected chi connectivity index (χ4v) is 4.84. The Hall–Kier alpha value is -0.900. The molecule has 3 heteroatoms. The first-order valence-corrected chi connectivity index (χ1v) is 8.55. The highest BCUT2D eigenvalue weighted by Gasteiger charge is 2.49. The lowest BCUT2D eigenvalue weighted by atomic mass is 9.65. The molecule has 2 bridgehead atoms. The second-order valence-corrected chi connectivity index (χ2v) is 7.32. The molecule has 5 rings (SSSR count). The summed E-state index contributed by atoms with van der Waals surface area (Å²) in [5.74, 6) is 1.77. The molecule has 3 aliphatic heterocycles. The van der Waals surface area contributed by atoms with Gasteiger partial charge in [-0.3, -0.25) is 9.80 Å². The molecule has 1 aromatic carbocycles. The Morgan fingerprint density at radius 3 is 2.52 bits per heavy atom. The van der Waals surface area contributed by atoms with Crippen LogP contribution in [0.1, 0.15) is 24.8 Å². The summed E-state index contributed by atoms with van der Waals surface area (Å²) in [5, 5.41) is 0. The maximum Gasteiger partial charge on any atom is 0.0233 e. The summed E-state index contributed by atoms with van der Waals surface area (Å²) in [6.07, 6.45) is 3.96. The number of likely N-dealkylation sites (tertiary alicyclic amines) is 1. The van der Waals surface area contributed by atoms with Crippen LogP contribution in [0.4, 0.5) is 0 Å². The van der Waals surface area contributed by atoms with Crippen molar-refractivity contribution in [3.05, 3.63) is 35.9 Å². The SMILES string of the molecule is NC1CCCN(C2C3CC2CN(Cc2ccccc2)C3)C1. The molecule has 4 fully saturated rings. The van der Waals surface area contributed by atoms with Crippen LogP contribution in [0.2, 0.25) is 0 Å². The van der Waals surface area contributed by atoms with E-state index in [1.165, 1.54) is 44.5 Å². The van der Waals surface area contributed by atoms with Gasteiger partial charge in [0.25, 0.3) is 0 Å². The minimum absolute atomic E-state index is 0.417. The normalized spacial score (nSPS) is 37.2. The molecule has 3 unspecified atom stereocenters. The van der Waals surface area contributed by atoms with Crippen molar-refractivity contribution in [2.75, 3.05) is 26.2 Å². The second-order valence-electron chi connectivity index (χ2n) is 7.32. The Morgan fingerprint density at radius 2 is 1.81 bits per heavy atom. The summed E-state index contributed by atoms with van der Waals surface area (Å²) in [6, 6.07) is 12.2. The average Bonchev–Trinajstić information content (AvgIpc) is 2.48. The van der Waals surface area contributed by atoms with Gasteiger partial charge in [0, 0.05) is 38.3 Å². The summed E-state index contributed by atoms with van der Waals surface area (Å²) >= 11 is 0. The number of hydrogen-bond acceptors (Lipinski definition) is 3. The van der Waals surface area contributed by atoms with Crippen LogP contribution in [0.15, 0.2) is 30.3 Å². The number of nitrogens with two attached hydrogens (primary N) is 1. The first kappa shape index (κ1) is 13.7. The van der Waals surface area contributed by atoms with E-state index in [4.69, 9.17) is 5.73 Å². The summed E-state index contributed by atoms with van der Waals surface area (Å²) < 4.78 is 0. The van der Waals surface area contributed by atoms with E-state index in [0.29, 0.717) is 6.04 Å². The number of hydrogen-bond donors (Lipinski definition) is 1. The zero-order chi connectivity index (χ0) is 14.2. The van der Waals surface area contributed by atoms with Crippen molar-refractivity contribution >= 4 is 0 Å². The Morgan fingerprint density at radius 1 is 1.05 bits per heavy atom. The molecule has 4 aliphatic rings. The lowest BCUT2D eigenvalue weighted by Gasteiger charge is -2.58. The van der Waals surface area contributed by atoms with Gasteiger partial charge in [-0.1, -0.05) is 30.3 Å². The molecule has 3 atom stereocenters. The van der Waals surface area contributed by atoms with E-state index in [1.807, 2.05) is 0 Å². The van der Waals surface area contributed by atoms with E-state index in [0.717, 1.165) is 31.0 Å². The number of rotatable bonds is 3. The first-order chi connectivity index (χ1) is 10.3. The van der Waals surface area contributed by atoms with E-state index >= 15 is 0 Å². The summed E-state index contributed by atoms with van der Waals surface area (Å²) in [4.78, 5) is 5.38. The molecule has 0 aromatic heterocycles. The topological polar surface area (TPSA) is 32.5 Å². The smallest absolute Gasteiger partial charge is 0.0233 e. The molecular formula is C18H27N3. The number of piperidine rings is 3. The van der Waals surface area contributed by atoms with Gasteiger partial charge in [0.2, 0.25) is 0 Å². The van der Waals surface area contributed by atoms with Crippen LogP contribution in [-0.4, -0.2) is 48.1 Å². The van der Waals surface area contributed by atoms with Crippen molar-refractivity contribution in [3.63, 3.8) is 0 Å². The summed E-state index contributed by atoms with van der Waals surface area (Å²) in [5.41, 5.74) is 7.62. The van der Waals surface area contributed by atoms with E-state index in [1.54, 1.807) is 0 Å². The van der Waals surface area contributed by atoms with Crippen LogP contribution in [-0.2, 0) is 6.54 Å². The van der Waals surface area contributed by atoms with E-state index < -0.39 is 0 Å². The van der Waals surface area contributed by atoms with Gasteiger partial charge >= 0.3 is 0 Å². The van der Waals surface area contributed by atoms with Crippen molar-refractivity contribution < 1.29 is 0 Å². The first-order valence-electron chi connectivity index (χ1n) is 8.55. The van der Waals surface area contributed by atoms with Crippen molar-refractivity contribution in [2.45, 2.75) is 37.9 Å². The predicted octanol–water partition coefficient (Wildman–Crippen LogP) is 1.93. The molecule has 1 saturated carbocycles. The van der Waals surface area contributed by atoms with Gasteiger partial charge in [-0.05, 0) is 43.2 Å². The number of benzene rings is 1. The second kappa shape index (κ2) is 5.71. The van der Waals surface area contributed by atoms with Crippen molar-refractivity contribution in [1.29, 1.82) is 0 Å². The molecule has 0 radical (unpaired) electrons. The molecule has 2 N–H and O–H groups in total. The molecule has 21 heavy (non-hydrogen) atoms. The quantitative estimate of drug-likeness (QED) is 0.921. The Bertz CT molecular complexity index is 463. The molecule has 0 spiro atoms. The Labute approximate surface area is 128 Å². The largest absolute Gasteiger partial charge is 0.327 e. The maximum absolute atomic E-state index is 6.17. The van der Waals surface area contributed by atoms with Gasteiger partial charge in [0.1, 0.15) is 0 Å². The van der Waals surface area contributed by atoms with Crippen molar-refractivity contribution in [1.82, 2.24) is 9.80 Å². The van der Waals surface area contributed by atoms with E-state index in [2.05, 4.69) is 40.1 Å². The number of nitrogens with zero attached hydrogens (tertiary/aromatic N) is 2. The molecule has 1 aromatic rings. The van der Waals surface area contributed by atoms with Crippen LogP contribution < -0.4 is 5.73 Å². The minimum atomic E-state index is 0.417. The summed E-state index contributed by atoms with van der Waals surface area (Å²) in [6.45, 7) is 6.10. The molecule has 3 saturated heterocycles. The van der Waals surface area contributed by atoms with Crippen LogP contribution >= 0.6 is 0 Å². The monoisotopic (exact) mass is 285 g/mol. The fourth-order valence-electron chi connectivity index (χ4n) is 4.84. The van der Waals surface area contributed by atoms with Gasteiger partial charge in [0.15, 0.2) is 0 Å². The zero-order valence-electron chi connectivity index (χ0n) is 12.8. The fraction of sp³-hybridized carbons (Fsp3) is 0.667. The average molecular weight is 285 g/mol. The van der Waals surface area contributed by atoms with Gasteiger partial charge in [-0.15, -0.1) is 0 Å². The third kappa shape index (κ3) is 2.75. The Kier molecular flexibility index (Phi) is 3.74. The highest BCUT2D eigenvalue weighted by Crippen LogP contribution is 2.44. The maximum atomic E-state index is 6.17. The highest BCUT2D eigenvalue weighted by atomic mass is 15.2. The molecule has 1 aliphatic carbocycles. The summed E-state index contributed by atoms with van der Waals surface area (Å²) in [7, 11) is 0.